The molecule has 0 unspecified atom stereocenters. The normalized spacial score (nSPS) is 18.1. The second-order valence-corrected chi connectivity index (χ2v) is 8.77. The van der Waals surface area contributed by atoms with Crippen LogP contribution in [0.5, 0.6) is 0 Å². The van der Waals surface area contributed by atoms with Crippen molar-refractivity contribution in [2.45, 2.75) is 25.7 Å². The number of nitrogens with one attached hydrogen (secondary N) is 2. The van der Waals surface area contributed by atoms with E-state index in [1.165, 1.54) is 29.8 Å². The summed E-state index contributed by atoms with van der Waals surface area (Å²) in [7, 11) is 2.17. The first kappa shape index (κ1) is 16.9. The van der Waals surface area contributed by atoms with Gasteiger partial charge in [-0.1, -0.05) is 6.07 Å². The van der Waals surface area contributed by atoms with E-state index in [9.17, 15) is 0 Å². The van der Waals surface area contributed by atoms with Crippen molar-refractivity contribution in [1.82, 2.24) is 30.0 Å². The van der Waals surface area contributed by atoms with Gasteiger partial charge >= 0.3 is 0 Å². The third-order valence-electron chi connectivity index (χ3n) is 6.86. The topological polar surface area (TPSA) is 71.4 Å². The molecule has 146 valence electrons. The Hall–Kier alpha value is -2.99. The molecule has 1 aliphatic heterocycles. The van der Waals surface area contributed by atoms with E-state index in [-0.39, 0.29) is 0 Å². The first-order chi connectivity index (χ1) is 14.2. The second kappa shape index (κ2) is 6.00. The van der Waals surface area contributed by atoms with Crippen LogP contribution in [-0.4, -0.2) is 37.8 Å². The smallest absolute Gasteiger partial charge is 0.112 e. The van der Waals surface area contributed by atoms with Gasteiger partial charge in [0.2, 0.25) is 0 Å². The predicted molar refractivity (Wildman–Crippen MR) is 114 cm³/mol. The number of fused-ring (bicyclic) bond motifs is 1. The van der Waals surface area contributed by atoms with Gasteiger partial charge in [-0.2, -0.15) is 5.10 Å². The van der Waals surface area contributed by atoms with Crippen LogP contribution in [0.4, 0.5) is 0 Å². The monoisotopic (exact) mass is 384 g/mol. The molecule has 6 nitrogen and oxygen atoms in total. The minimum Gasteiger partial charge on any atom is -0.330 e. The zero-order chi connectivity index (χ0) is 19.6. The number of benzene rings is 1. The Kier molecular flexibility index (Phi) is 3.50. The number of imidazole rings is 1. The Bertz CT molecular complexity index is 1210. The Labute approximate surface area is 169 Å². The Morgan fingerprint density at radius 1 is 1.14 bits per heavy atom. The van der Waals surface area contributed by atoms with Crippen molar-refractivity contribution in [3.8, 4) is 22.5 Å². The number of pyridine rings is 1. The van der Waals surface area contributed by atoms with Crippen molar-refractivity contribution >= 4 is 10.9 Å². The fraction of sp³-hybridized carbons (Fsp3) is 0.348. The third-order valence-corrected chi connectivity index (χ3v) is 6.86. The number of aromatic amines is 1. The molecule has 2 fully saturated rings. The van der Waals surface area contributed by atoms with Gasteiger partial charge in [0.05, 0.1) is 23.1 Å². The highest BCUT2D eigenvalue weighted by Gasteiger charge is 2.50. The average Bonchev–Trinajstić information content (AvgIpc) is 3.26. The van der Waals surface area contributed by atoms with E-state index in [1.807, 2.05) is 24.7 Å². The fourth-order valence-electron chi connectivity index (χ4n) is 5.25. The molecule has 6 heteroatoms. The Morgan fingerprint density at radius 2 is 2.00 bits per heavy atom. The summed E-state index contributed by atoms with van der Waals surface area (Å²) < 4.78 is 2.32. The van der Waals surface area contributed by atoms with Crippen molar-refractivity contribution in [2.75, 3.05) is 13.1 Å². The average molecular weight is 384 g/mol. The van der Waals surface area contributed by atoms with E-state index in [1.54, 1.807) is 0 Å². The zero-order valence-electron chi connectivity index (χ0n) is 16.7. The van der Waals surface area contributed by atoms with Crippen LogP contribution in [0.2, 0.25) is 0 Å². The van der Waals surface area contributed by atoms with E-state index < -0.39 is 0 Å². The third kappa shape index (κ3) is 2.42. The summed E-state index contributed by atoms with van der Waals surface area (Å²) in [6.45, 7) is 4.48. The molecule has 0 bridgehead atoms. The lowest BCUT2D eigenvalue weighted by molar-refractivity contribution is 0.0321. The molecule has 0 amide bonds. The summed E-state index contributed by atoms with van der Waals surface area (Å²) in [5.41, 5.74) is 7.23. The van der Waals surface area contributed by atoms with Crippen LogP contribution in [0.25, 0.3) is 33.4 Å². The van der Waals surface area contributed by atoms with Gasteiger partial charge in [0.1, 0.15) is 5.82 Å². The molecule has 4 heterocycles. The number of aromatic nitrogens is 5. The first-order valence-corrected chi connectivity index (χ1v) is 10.3. The molecular weight excluding hydrogens is 360 g/mol. The highest BCUT2D eigenvalue weighted by atomic mass is 15.1. The largest absolute Gasteiger partial charge is 0.330 e. The van der Waals surface area contributed by atoms with Crippen molar-refractivity contribution in [2.24, 2.45) is 12.5 Å². The quantitative estimate of drug-likeness (QED) is 0.564. The van der Waals surface area contributed by atoms with E-state index in [4.69, 9.17) is 4.98 Å². The van der Waals surface area contributed by atoms with Crippen LogP contribution in [0.15, 0.2) is 42.9 Å². The molecule has 0 atom stereocenters. The molecule has 6 rings (SSSR count). The van der Waals surface area contributed by atoms with Crippen LogP contribution in [-0.2, 0) is 7.05 Å². The van der Waals surface area contributed by atoms with Crippen molar-refractivity contribution in [3.05, 3.63) is 54.2 Å². The lowest BCUT2D eigenvalue weighted by Gasteiger charge is -2.54. The maximum Gasteiger partial charge on any atom is 0.112 e. The van der Waals surface area contributed by atoms with E-state index in [0.717, 1.165) is 40.9 Å². The van der Waals surface area contributed by atoms with Crippen LogP contribution >= 0.6 is 0 Å². The molecule has 1 spiro atoms. The molecule has 1 saturated carbocycles. The van der Waals surface area contributed by atoms with Gasteiger partial charge in [-0.25, -0.2) is 4.98 Å². The van der Waals surface area contributed by atoms with Crippen molar-refractivity contribution in [3.63, 3.8) is 0 Å². The number of hydrogen-bond donors (Lipinski definition) is 2. The standard InChI is InChI=1S/C23H24N6/c1-14-5-6-18-17(11-26-28-18)19(14)21-20(15-4-3-7-24-10-15)27-22(29(21)2)16-8-23(9-16)12-25-13-23/h3-7,10-11,16,25H,8-9,12-13H2,1-2H3,(H,26,28). The maximum absolute atomic E-state index is 5.21. The van der Waals surface area contributed by atoms with Gasteiger partial charge in [-0.05, 0) is 48.9 Å². The molecule has 2 aliphatic rings. The molecule has 4 aromatic rings. The Morgan fingerprint density at radius 3 is 2.72 bits per heavy atom. The van der Waals surface area contributed by atoms with Gasteiger partial charge in [0.15, 0.2) is 0 Å². The maximum atomic E-state index is 5.21. The number of H-pyrrole nitrogens is 1. The number of hydrogen-bond acceptors (Lipinski definition) is 4. The number of nitrogens with zero attached hydrogens (tertiary/aromatic N) is 4. The van der Waals surface area contributed by atoms with Gasteiger partial charge in [-0.15, -0.1) is 0 Å². The molecule has 3 aromatic heterocycles. The molecule has 0 radical (unpaired) electrons. The summed E-state index contributed by atoms with van der Waals surface area (Å²) in [5.74, 6) is 1.71. The number of rotatable bonds is 3. The lowest BCUT2D eigenvalue weighted by atomic mass is 9.58. The molecule has 1 saturated heterocycles. The summed E-state index contributed by atoms with van der Waals surface area (Å²) in [5, 5.41) is 12.0. The van der Waals surface area contributed by atoms with Crippen molar-refractivity contribution in [1.29, 1.82) is 0 Å². The summed E-state index contributed by atoms with van der Waals surface area (Å²) in [4.78, 5) is 9.56. The highest BCUT2D eigenvalue weighted by molar-refractivity contribution is 5.98. The van der Waals surface area contributed by atoms with Crippen LogP contribution in [0, 0.1) is 12.3 Å². The van der Waals surface area contributed by atoms with Crippen molar-refractivity contribution < 1.29 is 0 Å². The molecule has 2 N–H and O–H groups in total. The minimum atomic E-state index is 0.520. The summed E-state index contributed by atoms with van der Waals surface area (Å²) in [6.07, 6.45) is 8.11. The summed E-state index contributed by atoms with van der Waals surface area (Å²) >= 11 is 0. The Balaban J connectivity index is 1.56. The van der Waals surface area contributed by atoms with Gasteiger partial charge < -0.3 is 9.88 Å². The van der Waals surface area contributed by atoms with Gasteiger partial charge in [0.25, 0.3) is 0 Å². The van der Waals surface area contributed by atoms with Gasteiger partial charge in [0, 0.05) is 55.0 Å². The minimum absolute atomic E-state index is 0.520. The van der Waals surface area contributed by atoms with E-state index in [0.29, 0.717) is 11.3 Å². The summed E-state index contributed by atoms with van der Waals surface area (Å²) in [6, 6.07) is 8.35. The zero-order valence-corrected chi connectivity index (χ0v) is 16.7. The van der Waals surface area contributed by atoms with Crippen LogP contribution < -0.4 is 5.32 Å². The fourth-order valence-corrected chi connectivity index (χ4v) is 5.25. The predicted octanol–water partition coefficient (Wildman–Crippen LogP) is 3.80. The molecule has 29 heavy (non-hydrogen) atoms. The van der Waals surface area contributed by atoms with Crippen LogP contribution in [0.1, 0.15) is 30.1 Å². The highest BCUT2D eigenvalue weighted by Crippen LogP contribution is 2.54. The number of aryl methyl sites for hydroxylation is 1. The molecule has 1 aliphatic carbocycles. The van der Waals surface area contributed by atoms with Gasteiger partial charge in [-0.3, -0.25) is 10.1 Å². The first-order valence-electron chi connectivity index (χ1n) is 10.3. The van der Waals surface area contributed by atoms with Crippen LogP contribution in [0.3, 0.4) is 0 Å². The van der Waals surface area contributed by atoms with E-state index in [2.05, 4.69) is 57.2 Å². The SMILES string of the molecule is Cc1ccc2[nH]ncc2c1-c1c(-c2cccnc2)nc(C2CC3(CNC3)C2)n1C. The molecular formula is C23H24N6. The second-order valence-electron chi connectivity index (χ2n) is 8.77. The lowest BCUT2D eigenvalue weighted by Crippen LogP contribution is -2.59. The van der Waals surface area contributed by atoms with E-state index >= 15 is 0 Å². The molecule has 1 aromatic carbocycles.